The number of hydrogen-bond acceptors (Lipinski definition) is 4. The van der Waals surface area contributed by atoms with Gasteiger partial charge < -0.3 is 5.32 Å². The zero-order chi connectivity index (χ0) is 20.7. The molecule has 3 aromatic rings. The van der Waals surface area contributed by atoms with E-state index in [1.54, 1.807) is 42.6 Å². The van der Waals surface area contributed by atoms with E-state index in [-0.39, 0.29) is 11.7 Å². The Morgan fingerprint density at radius 3 is 2.34 bits per heavy atom. The zero-order valence-corrected chi connectivity index (χ0v) is 16.7. The maximum atomic E-state index is 12.2. The molecule has 6 heteroatoms. The van der Waals surface area contributed by atoms with Crippen LogP contribution in [0.15, 0.2) is 72.9 Å². The minimum atomic E-state index is -3.03. The van der Waals surface area contributed by atoms with E-state index in [1.165, 1.54) is 6.26 Å². The molecule has 29 heavy (non-hydrogen) atoms. The van der Waals surface area contributed by atoms with Crippen molar-refractivity contribution in [3.63, 3.8) is 0 Å². The Balaban J connectivity index is 1.65. The number of sulfone groups is 1. The summed E-state index contributed by atoms with van der Waals surface area (Å²) in [5, 5.41) is 2.85. The van der Waals surface area contributed by atoms with Crippen molar-refractivity contribution in [2.45, 2.75) is 6.42 Å². The molecule has 0 saturated heterocycles. The van der Waals surface area contributed by atoms with Crippen molar-refractivity contribution in [2.24, 2.45) is 0 Å². The maximum Gasteiger partial charge on any atom is 0.255 e. The van der Waals surface area contributed by atoms with Crippen LogP contribution in [0.4, 0.5) is 5.69 Å². The van der Waals surface area contributed by atoms with Crippen LogP contribution < -0.4 is 5.32 Å². The zero-order valence-electron chi connectivity index (χ0n) is 15.9. The standard InChI is InChI=1S/C23H20N2O3S/c1-29(27,28)16-14-22-17-19(13-15-24-22)8-7-18-9-11-21(12-10-18)25-23(26)20-5-3-2-4-6-20/h2-6,9-13,15,17H,14,16H2,1H3,(H,25,26). The second-order valence-electron chi connectivity index (χ2n) is 6.56. The number of anilines is 1. The highest BCUT2D eigenvalue weighted by Crippen LogP contribution is 2.11. The highest BCUT2D eigenvalue weighted by atomic mass is 32.2. The molecule has 0 aliphatic heterocycles. The van der Waals surface area contributed by atoms with E-state index in [2.05, 4.69) is 22.1 Å². The number of carbonyl (C=O) groups excluding carboxylic acids is 1. The quantitative estimate of drug-likeness (QED) is 0.662. The monoisotopic (exact) mass is 404 g/mol. The summed E-state index contributed by atoms with van der Waals surface area (Å²) in [6.07, 6.45) is 3.20. The van der Waals surface area contributed by atoms with Crippen molar-refractivity contribution >= 4 is 21.4 Å². The molecular formula is C23H20N2O3S. The van der Waals surface area contributed by atoms with E-state index in [9.17, 15) is 13.2 Å². The van der Waals surface area contributed by atoms with Gasteiger partial charge in [-0.2, -0.15) is 0 Å². The Morgan fingerprint density at radius 2 is 1.66 bits per heavy atom. The largest absolute Gasteiger partial charge is 0.322 e. The Bertz CT molecular complexity index is 1160. The molecule has 0 aliphatic carbocycles. The van der Waals surface area contributed by atoms with Gasteiger partial charge in [-0.3, -0.25) is 9.78 Å². The van der Waals surface area contributed by atoms with Crippen LogP contribution in [0, 0.1) is 11.8 Å². The summed E-state index contributed by atoms with van der Waals surface area (Å²) < 4.78 is 22.6. The van der Waals surface area contributed by atoms with Gasteiger partial charge in [-0.25, -0.2) is 8.42 Å². The van der Waals surface area contributed by atoms with Crippen molar-refractivity contribution in [2.75, 3.05) is 17.3 Å². The number of amides is 1. The topological polar surface area (TPSA) is 76.1 Å². The molecule has 1 amide bonds. The van der Waals surface area contributed by atoms with Gasteiger partial charge in [0.25, 0.3) is 5.91 Å². The second-order valence-corrected chi connectivity index (χ2v) is 8.82. The smallest absolute Gasteiger partial charge is 0.255 e. The summed E-state index contributed by atoms with van der Waals surface area (Å²) in [4.78, 5) is 16.4. The lowest BCUT2D eigenvalue weighted by Crippen LogP contribution is -2.11. The first kappa shape index (κ1) is 20.3. The average Bonchev–Trinajstić information content (AvgIpc) is 2.72. The predicted octanol–water partition coefficient (Wildman–Crippen LogP) is 3.32. The molecule has 0 fully saturated rings. The van der Waals surface area contributed by atoms with Crippen LogP contribution in [0.3, 0.4) is 0 Å². The number of carbonyl (C=O) groups is 1. The van der Waals surface area contributed by atoms with Gasteiger partial charge in [0.1, 0.15) is 9.84 Å². The molecule has 1 heterocycles. The third-order valence-corrected chi connectivity index (χ3v) is 5.02. The van der Waals surface area contributed by atoms with Gasteiger partial charge in [-0.15, -0.1) is 0 Å². The summed E-state index contributed by atoms with van der Waals surface area (Å²) >= 11 is 0. The number of hydrogen-bond donors (Lipinski definition) is 1. The van der Waals surface area contributed by atoms with Gasteiger partial charge in [0.2, 0.25) is 0 Å². The van der Waals surface area contributed by atoms with Crippen LogP contribution in [0.2, 0.25) is 0 Å². The first-order valence-electron chi connectivity index (χ1n) is 9.00. The van der Waals surface area contributed by atoms with Crippen molar-refractivity contribution in [1.29, 1.82) is 0 Å². The SMILES string of the molecule is CS(=O)(=O)CCc1cc(C#Cc2ccc(NC(=O)c3ccccc3)cc2)ccn1. The lowest BCUT2D eigenvalue weighted by atomic mass is 10.1. The molecule has 2 aromatic carbocycles. The predicted molar refractivity (Wildman–Crippen MR) is 114 cm³/mol. The molecule has 0 bridgehead atoms. The van der Waals surface area contributed by atoms with Crippen molar-refractivity contribution in [3.05, 3.63) is 95.3 Å². The third kappa shape index (κ3) is 6.59. The van der Waals surface area contributed by atoms with Gasteiger partial charge in [0.05, 0.1) is 5.75 Å². The Morgan fingerprint density at radius 1 is 0.966 bits per heavy atom. The highest BCUT2D eigenvalue weighted by Gasteiger charge is 2.05. The summed E-state index contributed by atoms with van der Waals surface area (Å²) in [6, 6.07) is 19.9. The normalized spacial score (nSPS) is 10.7. The van der Waals surface area contributed by atoms with Crippen molar-refractivity contribution in [1.82, 2.24) is 4.98 Å². The molecule has 146 valence electrons. The average molecular weight is 404 g/mol. The fraction of sp³-hybridized carbons (Fsp3) is 0.130. The van der Waals surface area contributed by atoms with E-state index in [0.717, 1.165) is 11.1 Å². The highest BCUT2D eigenvalue weighted by molar-refractivity contribution is 7.90. The van der Waals surface area contributed by atoms with Crippen LogP contribution in [-0.4, -0.2) is 31.3 Å². The van der Waals surface area contributed by atoms with Crippen LogP contribution in [0.5, 0.6) is 0 Å². The van der Waals surface area contributed by atoms with E-state index >= 15 is 0 Å². The molecule has 0 aliphatic rings. The Hall–Kier alpha value is -3.43. The first-order chi connectivity index (χ1) is 13.9. The fourth-order valence-electron chi connectivity index (χ4n) is 2.56. The number of nitrogens with one attached hydrogen (secondary N) is 1. The molecule has 0 saturated carbocycles. The van der Waals surface area contributed by atoms with Gasteiger partial charge in [0.15, 0.2) is 0 Å². The number of benzene rings is 2. The van der Waals surface area contributed by atoms with E-state index in [4.69, 9.17) is 0 Å². The second kappa shape index (κ2) is 9.18. The lowest BCUT2D eigenvalue weighted by Gasteiger charge is -2.05. The van der Waals surface area contributed by atoms with Gasteiger partial charge in [-0.1, -0.05) is 30.0 Å². The van der Waals surface area contributed by atoms with E-state index in [1.807, 2.05) is 30.3 Å². The number of aromatic nitrogens is 1. The van der Waals surface area contributed by atoms with E-state index < -0.39 is 9.84 Å². The van der Waals surface area contributed by atoms with Crippen LogP contribution in [-0.2, 0) is 16.3 Å². The van der Waals surface area contributed by atoms with Crippen LogP contribution >= 0.6 is 0 Å². The fourth-order valence-corrected chi connectivity index (χ4v) is 3.14. The minimum absolute atomic E-state index is 0.0625. The van der Waals surface area contributed by atoms with Gasteiger partial charge >= 0.3 is 0 Å². The molecule has 5 nitrogen and oxygen atoms in total. The minimum Gasteiger partial charge on any atom is -0.322 e. The van der Waals surface area contributed by atoms with Crippen LogP contribution in [0.1, 0.15) is 27.2 Å². The van der Waals surface area contributed by atoms with Gasteiger partial charge in [0, 0.05) is 46.9 Å². The van der Waals surface area contributed by atoms with Crippen molar-refractivity contribution < 1.29 is 13.2 Å². The number of aryl methyl sites for hydroxylation is 1. The molecule has 1 aromatic heterocycles. The van der Waals surface area contributed by atoms with Gasteiger partial charge in [-0.05, 0) is 48.5 Å². The molecular weight excluding hydrogens is 384 g/mol. The summed E-state index contributed by atoms with van der Waals surface area (Å²) in [6.45, 7) is 0. The molecule has 0 unspecified atom stereocenters. The molecule has 0 atom stereocenters. The molecule has 0 spiro atoms. The summed E-state index contributed by atoms with van der Waals surface area (Å²) in [5.74, 6) is 6.02. The first-order valence-corrected chi connectivity index (χ1v) is 11.1. The maximum absolute atomic E-state index is 12.2. The number of rotatable bonds is 5. The number of nitrogens with zero attached hydrogens (tertiary/aromatic N) is 1. The summed E-state index contributed by atoms with van der Waals surface area (Å²) in [7, 11) is -3.03. The lowest BCUT2D eigenvalue weighted by molar-refractivity contribution is 0.102. The molecule has 0 radical (unpaired) electrons. The molecule has 3 rings (SSSR count). The molecule has 1 N–H and O–H groups in total. The third-order valence-electron chi connectivity index (χ3n) is 4.08. The summed E-state index contributed by atoms with van der Waals surface area (Å²) in [5.41, 5.74) is 3.56. The van der Waals surface area contributed by atoms with Crippen LogP contribution in [0.25, 0.3) is 0 Å². The van der Waals surface area contributed by atoms with E-state index in [0.29, 0.717) is 23.4 Å². The Labute approximate surface area is 170 Å². The number of pyridine rings is 1. The van der Waals surface area contributed by atoms with Crippen molar-refractivity contribution in [3.8, 4) is 11.8 Å². The Kier molecular flexibility index (Phi) is 6.43.